The van der Waals surface area contributed by atoms with Gasteiger partial charge in [0.05, 0.1) is 24.3 Å². The second-order valence-electron chi connectivity index (χ2n) is 4.65. The molecule has 5 nitrogen and oxygen atoms in total. The van der Waals surface area contributed by atoms with Crippen LogP contribution in [-0.4, -0.2) is 35.0 Å². The molecule has 1 aliphatic rings. The summed E-state index contributed by atoms with van der Waals surface area (Å²) >= 11 is 0. The van der Waals surface area contributed by atoms with E-state index in [1.807, 2.05) is 12.1 Å². The summed E-state index contributed by atoms with van der Waals surface area (Å²) in [5, 5.41) is 17.7. The van der Waals surface area contributed by atoms with Gasteiger partial charge in [0.1, 0.15) is 0 Å². The van der Waals surface area contributed by atoms with E-state index >= 15 is 0 Å². The molecule has 18 heavy (non-hydrogen) atoms. The van der Waals surface area contributed by atoms with Gasteiger partial charge < -0.3 is 10.0 Å². The van der Waals surface area contributed by atoms with E-state index in [1.54, 1.807) is 20.0 Å². The number of carbonyl (C=O) groups is 2. The van der Waals surface area contributed by atoms with Gasteiger partial charge in [0.15, 0.2) is 0 Å². The number of allylic oxidation sites excluding steroid dienone is 2. The third kappa shape index (κ3) is 3.10. The Kier molecular flexibility index (Phi) is 4.90. The van der Waals surface area contributed by atoms with Crippen LogP contribution in [0.3, 0.4) is 0 Å². The average Bonchev–Trinajstić information content (AvgIpc) is 2.37. The molecule has 0 saturated carbocycles. The summed E-state index contributed by atoms with van der Waals surface area (Å²) in [6.07, 6.45) is 4.76. The van der Waals surface area contributed by atoms with Gasteiger partial charge in [-0.3, -0.25) is 9.59 Å². The van der Waals surface area contributed by atoms with E-state index in [1.165, 1.54) is 4.90 Å². The van der Waals surface area contributed by atoms with Crippen molar-refractivity contribution in [1.29, 1.82) is 5.26 Å². The summed E-state index contributed by atoms with van der Waals surface area (Å²) in [5.41, 5.74) is 0. The maximum absolute atomic E-state index is 12.2. The molecule has 0 saturated heterocycles. The van der Waals surface area contributed by atoms with Crippen molar-refractivity contribution >= 4 is 11.9 Å². The molecule has 0 aromatic carbocycles. The third-order valence-electron chi connectivity index (χ3n) is 3.46. The highest BCUT2D eigenvalue weighted by atomic mass is 16.4. The molecule has 0 fully saturated rings. The predicted molar refractivity (Wildman–Crippen MR) is 65.5 cm³/mol. The van der Waals surface area contributed by atoms with E-state index in [0.29, 0.717) is 12.8 Å². The molecular formula is C13H18N2O3. The van der Waals surface area contributed by atoms with Gasteiger partial charge in [-0.1, -0.05) is 12.2 Å². The molecule has 0 radical (unpaired) electrons. The van der Waals surface area contributed by atoms with Crippen LogP contribution in [0.25, 0.3) is 0 Å². The number of carboxylic acids is 1. The molecule has 0 aliphatic heterocycles. The lowest BCUT2D eigenvalue weighted by Gasteiger charge is -2.31. The first kappa shape index (κ1) is 14.2. The molecule has 3 unspecified atom stereocenters. The van der Waals surface area contributed by atoms with Crippen LogP contribution in [0, 0.1) is 23.2 Å². The van der Waals surface area contributed by atoms with Crippen LogP contribution >= 0.6 is 0 Å². The van der Waals surface area contributed by atoms with Crippen molar-refractivity contribution in [3.63, 3.8) is 0 Å². The van der Waals surface area contributed by atoms with E-state index in [9.17, 15) is 9.59 Å². The number of carbonyl (C=O) groups excluding carboxylic acids is 1. The number of amides is 1. The summed E-state index contributed by atoms with van der Waals surface area (Å²) in [6, 6.07) is 1.82. The Hall–Kier alpha value is -1.83. The van der Waals surface area contributed by atoms with Crippen molar-refractivity contribution in [3.8, 4) is 6.07 Å². The molecule has 3 atom stereocenters. The van der Waals surface area contributed by atoms with Gasteiger partial charge >= 0.3 is 5.97 Å². The van der Waals surface area contributed by atoms with Gasteiger partial charge in [-0.05, 0) is 19.8 Å². The van der Waals surface area contributed by atoms with Crippen LogP contribution in [0.1, 0.15) is 26.2 Å². The second kappa shape index (κ2) is 6.20. The fourth-order valence-corrected chi connectivity index (χ4v) is 2.11. The molecule has 1 aliphatic carbocycles. The molecule has 1 N–H and O–H groups in total. The minimum atomic E-state index is -0.931. The normalized spacial score (nSPS) is 24.1. The molecule has 0 aromatic heterocycles. The maximum atomic E-state index is 12.2. The first-order chi connectivity index (χ1) is 8.49. The van der Waals surface area contributed by atoms with Crippen molar-refractivity contribution < 1.29 is 14.7 Å². The van der Waals surface area contributed by atoms with E-state index in [4.69, 9.17) is 10.4 Å². The van der Waals surface area contributed by atoms with Crippen LogP contribution < -0.4 is 0 Å². The highest BCUT2D eigenvalue weighted by Crippen LogP contribution is 2.28. The number of hydrogen-bond donors (Lipinski definition) is 1. The highest BCUT2D eigenvalue weighted by molar-refractivity contribution is 5.85. The largest absolute Gasteiger partial charge is 0.481 e. The second-order valence-corrected chi connectivity index (χ2v) is 4.65. The summed E-state index contributed by atoms with van der Waals surface area (Å²) in [7, 11) is 1.63. The Balaban J connectivity index is 2.78. The molecule has 98 valence electrons. The van der Waals surface area contributed by atoms with Crippen LogP contribution in [0.2, 0.25) is 0 Å². The van der Waals surface area contributed by atoms with Crippen LogP contribution in [0.5, 0.6) is 0 Å². The first-order valence-corrected chi connectivity index (χ1v) is 6.00. The summed E-state index contributed by atoms with van der Waals surface area (Å²) in [6.45, 7) is 1.79. The zero-order valence-corrected chi connectivity index (χ0v) is 10.7. The number of aliphatic carboxylic acids is 1. The van der Waals surface area contributed by atoms with Gasteiger partial charge in [0, 0.05) is 13.1 Å². The SMILES string of the molecule is CC(CC#N)N(C)C(=O)C1CC=CCC1C(=O)O. The van der Waals surface area contributed by atoms with Crippen LogP contribution in [0.15, 0.2) is 12.2 Å². The Morgan fingerprint density at radius 3 is 2.50 bits per heavy atom. The number of nitrogens with zero attached hydrogens (tertiary/aromatic N) is 2. The summed E-state index contributed by atoms with van der Waals surface area (Å²) < 4.78 is 0. The smallest absolute Gasteiger partial charge is 0.307 e. The third-order valence-corrected chi connectivity index (χ3v) is 3.46. The van der Waals surface area contributed by atoms with Crippen molar-refractivity contribution in [2.24, 2.45) is 11.8 Å². The van der Waals surface area contributed by atoms with Gasteiger partial charge in [0.2, 0.25) is 5.91 Å². The van der Waals surface area contributed by atoms with Gasteiger partial charge in [-0.25, -0.2) is 0 Å². The number of hydrogen-bond acceptors (Lipinski definition) is 3. The minimum absolute atomic E-state index is 0.186. The summed E-state index contributed by atoms with van der Waals surface area (Å²) in [4.78, 5) is 24.9. The lowest BCUT2D eigenvalue weighted by Crippen LogP contribution is -2.43. The van der Waals surface area contributed by atoms with Crippen LogP contribution in [0.4, 0.5) is 0 Å². The molecule has 5 heteroatoms. The minimum Gasteiger partial charge on any atom is -0.481 e. The predicted octanol–water partition coefficient (Wildman–Crippen LogP) is 1.41. The van der Waals surface area contributed by atoms with Crippen molar-refractivity contribution in [3.05, 3.63) is 12.2 Å². The van der Waals surface area contributed by atoms with E-state index < -0.39 is 17.8 Å². The van der Waals surface area contributed by atoms with Gasteiger partial charge in [0.25, 0.3) is 0 Å². The fraction of sp³-hybridized carbons (Fsp3) is 0.615. The van der Waals surface area contributed by atoms with Crippen LogP contribution in [-0.2, 0) is 9.59 Å². The number of nitriles is 1. The lowest BCUT2D eigenvalue weighted by atomic mass is 9.82. The Morgan fingerprint density at radius 2 is 2.00 bits per heavy atom. The lowest BCUT2D eigenvalue weighted by molar-refractivity contribution is -0.150. The topological polar surface area (TPSA) is 81.4 Å². The van der Waals surface area contributed by atoms with Crippen molar-refractivity contribution in [1.82, 2.24) is 4.90 Å². The molecule has 0 heterocycles. The molecular weight excluding hydrogens is 232 g/mol. The Bertz CT molecular complexity index is 398. The highest BCUT2D eigenvalue weighted by Gasteiger charge is 2.36. The van der Waals surface area contributed by atoms with E-state index in [-0.39, 0.29) is 18.4 Å². The molecule has 1 amide bonds. The molecule has 0 spiro atoms. The maximum Gasteiger partial charge on any atom is 0.307 e. The molecule has 1 rings (SSSR count). The zero-order chi connectivity index (χ0) is 13.7. The average molecular weight is 250 g/mol. The molecule has 0 bridgehead atoms. The quantitative estimate of drug-likeness (QED) is 0.765. The van der Waals surface area contributed by atoms with E-state index in [2.05, 4.69) is 0 Å². The first-order valence-electron chi connectivity index (χ1n) is 6.00. The Labute approximate surface area is 107 Å². The van der Waals surface area contributed by atoms with Gasteiger partial charge in [-0.15, -0.1) is 0 Å². The molecule has 0 aromatic rings. The fourth-order valence-electron chi connectivity index (χ4n) is 2.11. The van der Waals surface area contributed by atoms with Gasteiger partial charge in [-0.2, -0.15) is 5.26 Å². The van der Waals surface area contributed by atoms with Crippen molar-refractivity contribution in [2.75, 3.05) is 7.05 Å². The Morgan fingerprint density at radius 1 is 1.44 bits per heavy atom. The zero-order valence-electron chi connectivity index (χ0n) is 10.7. The monoisotopic (exact) mass is 250 g/mol. The number of carboxylic acid groups (broad SMARTS) is 1. The van der Waals surface area contributed by atoms with E-state index in [0.717, 1.165) is 0 Å². The van der Waals surface area contributed by atoms with Crippen molar-refractivity contribution in [2.45, 2.75) is 32.2 Å². The summed E-state index contributed by atoms with van der Waals surface area (Å²) in [5.74, 6) is -2.29. The standard InChI is InChI=1S/C13H18N2O3/c1-9(7-8-14)15(2)12(16)10-5-3-4-6-11(10)13(17)18/h3-4,9-11H,5-7H2,1-2H3,(H,17,18). The number of rotatable bonds is 4.